The Morgan fingerprint density at radius 2 is 2.21 bits per heavy atom. The maximum Gasteiger partial charge on any atom is 0.242 e. The number of thiophene rings is 1. The predicted octanol–water partition coefficient (Wildman–Crippen LogP) is 2.58. The van der Waals surface area contributed by atoms with Gasteiger partial charge < -0.3 is 9.84 Å². The molecule has 24 heavy (non-hydrogen) atoms. The molecule has 0 radical (unpaired) electrons. The lowest BCUT2D eigenvalue weighted by Gasteiger charge is -2.38. The Labute approximate surface area is 146 Å². The van der Waals surface area contributed by atoms with Crippen molar-refractivity contribution in [2.75, 3.05) is 31.5 Å². The molecule has 1 aliphatic rings. The molecule has 0 aromatic carbocycles. The molecule has 0 aliphatic carbocycles. The summed E-state index contributed by atoms with van der Waals surface area (Å²) in [5, 5.41) is 11.0. The number of nitrogens with one attached hydrogen (secondary N) is 1. The highest BCUT2D eigenvalue weighted by Crippen LogP contribution is 2.16. The number of anilines is 1. The first-order valence-corrected chi connectivity index (χ1v) is 9.31. The van der Waals surface area contributed by atoms with Gasteiger partial charge in [-0.25, -0.2) is 0 Å². The summed E-state index contributed by atoms with van der Waals surface area (Å²) >= 11 is 1.74. The molecule has 0 spiro atoms. The van der Waals surface area contributed by atoms with Crippen molar-refractivity contribution in [3.8, 4) is 0 Å². The Balaban J connectivity index is 1.52. The lowest BCUT2D eigenvalue weighted by molar-refractivity contribution is -0.122. The van der Waals surface area contributed by atoms with Crippen molar-refractivity contribution < 1.29 is 9.32 Å². The third-order valence-electron chi connectivity index (χ3n) is 4.40. The minimum atomic E-state index is -0.120. The Morgan fingerprint density at radius 1 is 1.42 bits per heavy atom. The van der Waals surface area contributed by atoms with Crippen LogP contribution < -0.4 is 5.32 Å². The Bertz CT molecular complexity index is 647. The van der Waals surface area contributed by atoms with Gasteiger partial charge in [-0.15, -0.1) is 0 Å². The molecule has 130 valence electrons. The van der Waals surface area contributed by atoms with Crippen molar-refractivity contribution >= 4 is 23.1 Å². The number of amides is 1. The van der Waals surface area contributed by atoms with Crippen LogP contribution in [0.2, 0.25) is 0 Å². The number of nitrogens with zero attached hydrogens (tertiary/aromatic N) is 3. The number of carbonyl (C=O) groups is 1. The highest BCUT2D eigenvalue weighted by atomic mass is 32.1. The summed E-state index contributed by atoms with van der Waals surface area (Å²) in [6.45, 7) is 8.66. The van der Waals surface area contributed by atoms with Gasteiger partial charge in [0.1, 0.15) is 5.76 Å². The molecule has 3 heterocycles. The number of aryl methyl sites for hydroxylation is 1. The molecule has 6 nitrogen and oxygen atoms in total. The molecule has 1 amide bonds. The van der Waals surface area contributed by atoms with Gasteiger partial charge >= 0.3 is 0 Å². The van der Waals surface area contributed by atoms with Crippen LogP contribution >= 0.6 is 11.3 Å². The molecule has 1 fully saturated rings. The third kappa shape index (κ3) is 4.23. The van der Waals surface area contributed by atoms with Gasteiger partial charge in [-0.1, -0.05) is 12.1 Å². The molecule has 0 bridgehead atoms. The van der Waals surface area contributed by atoms with E-state index in [9.17, 15) is 4.79 Å². The summed E-state index contributed by atoms with van der Waals surface area (Å²) in [5.74, 6) is 1.18. The number of aromatic nitrogens is 1. The molecule has 1 saturated heterocycles. The fourth-order valence-corrected chi connectivity index (χ4v) is 3.78. The predicted molar refractivity (Wildman–Crippen MR) is 95.1 cm³/mol. The molecule has 7 heteroatoms. The van der Waals surface area contributed by atoms with Crippen molar-refractivity contribution in [1.29, 1.82) is 0 Å². The number of hydrogen-bond acceptors (Lipinski definition) is 6. The summed E-state index contributed by atoms with van der Waals surface area (Å²) in [7, 11) is 0. The molecule has 2 aromatic heterocycles. The minimum absolute atomic E-state index is 0.00270. The first kappa shape index (κ1) is 17.1. The molecule has 1 N–H and O–H groups in total. The topological polar surface area (TPSA) is 61.6 Å². The van der Waals surface area contributed by atoms with Crippen LogP contribution in [0.3, 0.4) is 0 Å². The van der Waals surface area contributed by atoms with Gasteiger partial charge in [-0.3, -0.25) is 14.6 Å². The van der Waals surface area contributed by atoms with E-state index in [1.54, 1.807) is 17.4 Å². The van der Waals surface area contributed by atoms with Crippen LogP contribution in [0.25, 0.3) is 0 Å². The smallest absolute Gasteiger partial charge is 0.242 e. The molecular weight excluding hydrogens is 324 g/mol. The number of hydrogen-bond donors (Lipinski definition) is 1. The maximum atomic E-state index is 12.5. The number of rotatable bonds is 6. The summed E-state index contributed by atoms with van der Waals surface area (Å²) in [6.07, 6.45) is 0.785. The van der Waals surface area contributed by atoms with Gasteiger partial charge in [0.15, 0.2) is 5.82 Å². The van der Waals surface area contributed by atoms with Crippen molar-refractivity contribution in [3.63, 3.8) is 0 Å². The molecule has 3 rings (SSSR count). The van der Waals surface area contributed by atoms with E-state index >= 15 is 0 Å². The lowest BCUT2D eigenvalue weighted by Crippen LogP contribution is -2.53. The van der Waals surface area contributed by atoms with E-state index in [1.807, 2.05) is 6.92 Å². The van der Waals surface area contributed by atoms with Gasteiger partial charge in [-0.2, -0.15) is 11.3 Å². The minimum Gasteiger partial charge on any atom is -0.360 e. The molecule has 0 saturated carbocycles. The van der Waals surface area contributed by atoms with Crippen molar-refractivity contribution in [3.05, 3.63) is 34.2 Å². The van der Waals surface area contributed by atoms with E-state index in [0.717, 1.165) is 39.1 Å². The normalized spacial score (nSPS) is 17.8. The SMILES string of the molecule is CCC(C(=O)Nc1cc(C)on1)N1CCN(Cc2ccsc2)CC1. The van der Waals surface area contributed by atoms with Gasteiger partial charge in [-0.05, 0) is 35.7 Å². The van der Waals surface area contributed by atoms with Crippen LogP contribution in [-0.4, -0.2) is 53.1 Å². The second kappa shape index (κ2) is 7.92. The fraction of sp³-hybridized carbons (Fsp3) is 0.529. The molecule has 2 aromatic rings. The van der Waals surface area contributed by atoms with Crippen molar-refractivity contribution in [1.82, 2.24) is 15.0 Å². The van der Waals surface area contributed by atoms with Crippen molar-refractivity contribution in [2.24, 2.45) is 0 Å². The van der Waals surface area contributed by atoms with Gasteiger partial charge in [0, 0.05) is 38.8 Å². The standard InChI is InChI=1S/C17H24N4O2S/c1-3-15(17(22)18-16-10-13(2)23-19-16)21-7-5-20(6-8-21)11-14-4-9-24-12-14/h4,9-10,12,15H,3,5-8,11H2,1-2H3,(H,18,19,22). The van der Waals surface area contributed by atoms with Crippen molar-refractivity contribution in [2.45, 2.75) is 32.9 Å². The summed E-state index contributed by atoms with van der Waals surface area (Å²) in [6, 6.07) is 3.80. The van der Waals surface area contributed by atoms with E-state index in [4.69, 9.17) is 4.52 Å². The Hall–Kier alpha value is -1.70. The number of carbonyl (C=O) groups excluding carboxylic acids is 1. The second-order valence-corrected chi connectivity index (χ2v) is 6.96. The van der Waals surface area contributed by atoms with E-state index in [0.29, 0.717) is 11.6 Å². The summed E-state index contributed by atoms with van der Waals surface area (Å²) in [5.41, 5.74) is 1.37. The fourth-order valence-electron chi connectivity index (χ4n) is 3.12. The van der Waals surface area contributed by atoms with E-state index in [1.165, 1.54) is 5.56 Å². The lowest BCUT2D eigenvalue weighted by atomic mass is 10.1. The maximum absolute atomic E-state index is 12.5. The molecule has 1 aliphatic heterocycles. The molecular formula is C17H24N4O2S. The Kier molecular flexibility index (Phi) is 5.65. The van der Waals surface area contributed by atoms with Crippen LogP contribution in [0.4, 0.5) is 5.82 Å². The van der Waals surface area contributed by atoms with E-state index in [-0.39, 0.29) is 11.9 Å². The third-order valence-corrected chi connectivity index (χ3v) is 5.13. The summed E-state index contributed by atoms with van der Waals surface area (Å²) in [4.78, 5) is 17.3. The van der Waals surface area contributed by atoms with Crippen LogP contribution in [0.5, 0.6) is 0 Å². The zero-order valence-corrected chi connectivity index (χ0v) is 15.0. The van der Waals surface area contributed by atoms with Gasteiger partial charge in [0.05, 0.1) is 6.04 Å². The average Bonchev–Trinajstić information content (AvgIpc) is 3.22. The zero-order valence-electron chi connectivity index (χ0n) is 14.2. The second-order valence-electron chi connectivity index (χ2n) is 6.18. The van der Waals surface area contributed by atoms with Gasteiger partial charge in [0.2, 0.25) is 5.91 Å². The first-order valence-electron chi connectivity index (χ1n) is 8.37. The Morgan fingerprint density at radius 3 is 2.79 bits per heavy atom. The molecule has 1 unspecified atom stereocenters. The number of piperazine rings is 1. The van der Waals surface area contributed by atoms with E-state index < -0.39 is 0 Å². The largest absolute Gasteiger partial charge is 0.360 e. The first-order chi connectivity index (χ1) is 11.7. The quantitative estimate of drug-likeness (QED) is 0.869. The highest BCUT2D eigenvalue weighted by molar-refractivity contribution is 7.07. The van der Waals surface area contributed by atoms with Gasteiger partial charge in [0.25, 0.3) is 0 Å². The van der Waals surface area contributed by atoms with Crippen LogP contribution in [-0.2, 0) is 11.3 Å². The van der Waals surface area contributed by atoms with Crippen LogP contribution in [0.15, 0.2) is 27.4 Å². The van der Waals surface area contributed by atoms with Crippen LogP contribution in [0.1, 0.15) is 24.7 Å². The monoisotopic (exact) mass is 348 g/mol. The van der Waals surface area contributed by atoms with E-state index in [2.05, 4.69) is 44.0 Å². The highest BCUT2D eigenvalue weighted by Gasteiger charge is 2.28. The van der Waals surface area contributed by atoms with Crippen LogP contribution in [0, 0.1) is 6.92 Å². The zero-order chi connectivity index (χ0) is 16.9. The average molecular weight is 348 g/mol. The summed E-state index contributed by atoms with van der Waals surface area (Å²) < 4.78 is 5.00. The molecule has 1 atom stereocenters.